The molecule has 0 aliphatic carbocycles. The van der Waals surface area contributed by atoms with Crippen molar-refractivity contribution in [1.29, 1.82) is 0 Å². The van der Waals surface area contributed by atoms with Crippen LogP contribution in [0.25, 0.3) is 0 Å². The van der Waals surface area contributed by atoms with Gasteiger partial charge >= 0.3 is 12.2 Å². The Labute approximate surface area is 137 Å². The molecule has 1 heterocycles. The Morgan fingerprint density at radius 3 is 2.46 bits per heavy atom. The molecule has 24 heavy (non-hydrogen) atoms. The number of nitrogens with zero attached hydrogens (tertiary/aromatic N) is 2. The largest absolute Gasteiger partial charge is 0.416 e. The number of alkyl halides is 3. The fraction of sp³-hybridized carbons (Fsp3) is 0.375. The zero-order valence-electron chi connectivity index (χ0n) is 13.4. The van der Waals surface area contributed by atoms with Crippen molar-refractivity contribution in [3.8, 4) is 0 Å². The lowest BCUT2D eigenvalue weighted by molar-refractivity contribution is -0.137. The number of amides is 2. The number of hydrogen-bond donors (Lipinski definition) is 2. The van der Waals surface area contributed by atoms with E-state index in [1.807, 2.05) is 13.1 Å². The van der Waals surface area contributed by atoms with E-state index in [1.165, 1.54) is 12.1 Å². The van der Waals surface area contributed by atoms with E-state index in [1.54, 1.807) is 17.8 Å². The predicted molar refractivity (Wildman–Crippen MR) is 83.3 cm³/mol. The van der Waals surface area contributed by atoms with Crippen molar-refractivity contribution >= 4 is 6.03 Å². The van der Waals surface area contributed by atoms with Crippen molar-refractivity contribution in [2.24, 2.45) is 7.05 Å². The van der Waals surface area contributed by atoms with Gasteiger partial charge in [-0.1, -0.05) is 12.1 Å². The number of aryl methyl sites for hydroxylation is 1. The summed E-state index contributed by atoms with van der Waals surface area (Å²) in [5, 5.41) is 9.44. The van der Waals surface area contributed by atoms with Crippen LogP contribution in [0.15, 0.2) is 36.5 Å². The van der Waals surface area contributed by atoms with Crippen LogP contribution in [0, 0.1) is 0 Å². The molecule has 5 nitrogen and oxygen atoms in total. The Hall–Kier alpha value is -2.51. The van der Waals surface area contributed by atoms with Gasteiger partial charge in [-0.3, -0.25) is 4.68 Å². The molecule has 2 rings (SSSR count). The lowest BCUT2D eigenvalue weighted by atomic mass is 10.1. The van der Waals surface area contributed by atoms with E-state index in [2.05, 4.69) is 15.7 Å². The lowest BCUT2D eigenvalue weighted by Gasteiger charge is -2.16. The molecule has 8 heteroatoms. The molecule has 0 spiro atoms. The van der Waals surface area contributed by atoms with Crippen LogP contribution in [-0.2, 0) is 19.6 Å². The molecule has 0 saturated carbocycles. The average molecular weight is 340 g/mol. The fourth-order valence-electron chi connectivity index (χ4n) is 2.24. The summed E-state index contributed by atoms with van der Waals surface area (Å²) >= 11 is 0. The van der Waals surface area contributed by atoms with Gasteiger partial charge in [0, 0.05) is 31.9 Å². The monoisotopic (exact) mass is 340 g/mol. The zero-order valence-corrected chi connectivity index (χ0v) is 13.4. The third-order valence-corrected chi connectivity index (χ3v) is 3.67. The smallest absolute Gasteiger partial charge is 0.338 e. The number of nitrogens with one attached hydrogen (secondary N) is 2. The maximum absolute atomic E-state index is 12.5. The van der Waals surface area contributed by atoms with Crippen LogP contribution >= 0.6 is 0 Å². The molecule has 1 aromatic heterocycles. The minimum Gasteiger partial charge on any atom is -0.338 e. The normalized spacial score (nSPS) is 12.7. The second-order valence-electron chi connectivity index (χ2n) is 5.44. The molecule has 0 radical (unpaired) electrons. The molecule has 1 atom stereocenters. The maximum Gasteiger partial charge on any atom is 0.416 e. The molecule has 0 fully saturated rings. The molecular weight excluding hydrogens is 321 g/mol. The van der Waals surface area contributed by atoms with Gasteiger partial charge in [0.2, 0.25) is 0 Å². The molecule has 0 saturated heterocycles. The number of benzene rings is 1. The van der Waals surface area contributed by atoms with Gasteiger partial charge in [-0.05, 0) is 30.7 Å². The highest BCUT2D eigenvalue weighted by molar-refractivity contribution is 5.74. The first-order chi connectivity index (χ1) is 11.3. The Morgan fingerprint density at radius 1 is 1.25 bits per heavy atom. The molecule has 0 bridgehead atoms. The van der Waals surface area contributed by atoms with Crippen LogP contribution in [-0.4, -0.2) is 22.4 Å². The van der Waals surface area contributed by atoms with Crippen LogP contribution in [0.2, 0.25) is 0 Å². The SMILES string of the molecule is C[C@@H](NC(=O)NCCc1ccnn1C)c1ccc(C(F)(F)F)cc1. The first-order valence-electron chi connectivity index (χ1n) is 7.46. The van der Waals surface area contributed by atoms with Crippen molar-refractivity contribution in [3.05, 3.63) is 53.3 Å². The third kappa shape index (κ3) is 4.74. The standard InChI is InChI=1S/C16H19F3N4O/c1-11(12-3-5-13(6-4-12)16(17,18)19)22-15(24)20-9-7-14-8-10-21-23(14)2/h3-6,8,10-11H,7,9H2,1-2H3,(H2,20,22,24)/t11-/m1/s1. The number of carbonyl (C=O) groups is 1. The maximum atomic E-state index is 12.5. The molecule has 0 unspecified atom stereocenters. The molecule has 2 N–H and O–H groups in total. The highest BCUT2D eigenvalue weighted by atomic mass is 19.4. The Bertz CT molecular complexity index is 679. The van der Waals surface area contributed by atoms with E-state index >= 15 is 0 Å². The van der Waals surface area contributed by atoms with Crippen molar-refractivity contribution in [2.45, 2.75) is 25.6 Å². The van der Waals surface area contributed by atoms with Gasteiger partial charge in [0.15, 0.2) is 0 Å². The van der Waals surface area contributed by atoms with Gasteiger partial charge in [0.05, 0.1) is 11.6 Å². The summed E-state index contributed by atoms with van der Waals surface area (Å²) in [4.78, 5) is 11.8. The molecule has 2 aromatic rings. The minimum absolute atomic E-state index is 0.371. The Morgan fingerprint density at radius 2 is 1.92 bits per heavy atom. The summed E-state index contributed by atoms with van der Waals surface area (Å²) in [5.74, 6) is 0. The summed E-state index contributed by atoms with van der Waals surface area (Å²) in [6.07, 6.45) is -2.04. The van der Waals surface area contributed by atoms with Gasteiger partial charge < -0.3 is 10.6 Å². The molecule has 0 aliphatic rings. The van der Waals surface area contributed by atoms with Gasteiger partial charge in [0.1, 0.15) is 0 Å². The molecule has 1 aromatic carbocycles. The molecule has 0 aliphatic heterocycles. The topological polar surface area (TPSA) is 59.0 Å². The second-order valence-corrected chi connectivity index (χ2v) is 5.44. The average Bonchev–Trinajstić information content (AvgIpc) is 2.92. The van der Waals surface area contributed by atoms with E-state index in [4.69, 9.17) is 0 Å². The third-order valence-electron chi connectivity index (χ3n) is 3.67. The lowest BCUT2D eigenvalue weighted by Crippen LogP contribution is -2.38. The molecular formula is C16H19F3N4O. The number of carbonyl (C=O) groups excluding carboxylic acids is 1. The summed E-state index contributed by atoms with van der Waals surface area (Å²) in [5.41, 5.74) is 0.884. The number of urea groups is 1. The summed E-state index contributed by atoms with van der Waals surface area (Å²) in [6.45, 7) is 2.15. The van der Waals surface area contributed by atoms with Crippen LogP contribution in [0.5, 0.6) is 0 Å². The van der Waals surface area contributed by atoms with E-state index in [0.717, 1.165) is 17.8 Å². The van der Waals surface area contributed by atoms with Gasteiger partial charge in [-0.15, -0.1) is 0 Å². The second kappa shape index (κ2) is 7.37. The van der Waals surface area contributed by atoms with Crippen LogP contribution in [0.1, 0.15) is 29.8 Å². The van der Waals surface area contributed by atoms with Crippen molar-refractivity contribution < 1.29 is 18.0 Å². The Kier molecular flexibility index (Phi) is 5.48. The minimum atomic E-state index is -4.36. The van der Waals surface area contributed by atoms with E-state index in [0.29, 0.717) is 18.5 Å². The van der Waals surface area contributed by atoms with Crippen LogP contribution in [0.4, 0.5) is 18.0 Å². The van der Waals surface area contributed by atoms with E-state index in [-0.39, 0.29) is 6.03 Å². The summed E-state index contributed by atoms with van der Waals surface area (Å²) < 4.78 is 39.3. The molecule has 2 amide bonds. The first-order valence-corrected chi connectivity index (χ1v) is 7.46. The predicted octanol–water partition coefficient (Wildman–Crippen LogP) is 3.04. The van der Waals surface area contributed by atoms with Crippen molar-refractivity contribution in [2.75, 3.05) is 6.54 Å². The first kappa shape index (κ1) is 17.8. The fourth-order valence-corrected chi connectivity index (χ4v) is 2.24. The number of rotatable bonds is 5. The number of halogens is 3. The zero-order chi connectivity index (χ0) is 17.7. The van der Waals surface area contributed by atoms with Crippen LogP contribution in [0.3, 0.4) is 0 Å². The number of aromatic nitrogens is 2. The van der Waals surface area contributed by atoms with Crippen molar-refractivity contribution in [1.82, 2.24) is 20.4 Å². The Balaban J connectivity index is 1.81. The highest BCUT2D eigenvalue weighted by Gasteiger charge is 2.30. The van der Waals surface area contributed by atoms with Gasteiger partial charge in [0.25, 0.3) is 0 Å². The summed E-state index contributed by atoms with van der Waals surface area (Å²) in [6, 6.07) is 5.84. The highest BCUT2D eigenvalue weighted by Crippen LogP contribution is 2.29. The van der Waals surface area contributed by atoms with E-state index in [9.17, 15) is 18.0 Å². The van der Waals surface area contributed by atoms with Gasteiger partial charge in [-0.2, -0.15) is 18.3 Å². The van der Waals surface area contributed by atoms with Crippen molar-refractivity contribution in [3.63, 3.8) is 0 Å². The quantitative estimate of drug-likeness (QED) is 0.879. The van der Waals surface area contributed by atoms with Gasteiger partial charge in [-0.25, -0.2) is 4.79 Å². The summed E-state index contributed by atoms with van der Waals surface area (Å²) in [7, 11) is 1.82. The molecule has 130 valence electrons. The number of hydrogen-bond acceptors (Lipinski definition) is 2. The van der Waals surface area contributed by atoms with E-state index < -0.39 is 17.8 Å². The van der Waals surface area contributed by atoms with Crippen LogP contribution < -0.4 is 10.6 Å².